The number of nitrogens with zero attached hydrogens (tertiary/aromatic N) is 1. The largest absolute Gasteiger partial charge is 0.497 e. The number of hydrogen-bond donors (Lipinski definition) is 0. The maximum absolute atomic E-state index is 6.24. The van der Waals surface area contributed by atoms with E-state index >= 15 is 0 Å². The van der Waals surface area contributed by atoms with Crippen molar-refractivity contribution in [2.75, 3.05) is 18.6 Å². The van der Waals surface area contributed by atoms with Crippen molar-refractivity contribution in [2.24, 2.45) is 0 Å². The lowest BCUT2D eigenvalue weighted by molar-refractivity contribution is 0.415. The van der Waals surface area contributed by atoms with Gasteiger partial charge in [-0.1, -0.05) is 53.8 Å². The van der Waals surface area contributed by atoms with E-state index in [1.165, 1.54) is 11.1 Å². The average Bonchev–Trinajstić information content (AvgIpc) is 2.72. The fourth-order valence-electron chi connectivity index (χ4n) is 3.48. The van der Waals surface area contributed by atoms with Crippen molar-refractivity contribution in [3.63, 3.8) is 0 Å². The van der Waals surface area contributed by atoms with Gasteiger partial charge in [-0.3, -0.25) is 0 Å². The van der Waals surface area contributed by atoms with E-state index in [1.807, 2.05) is 42.5 Å². The summed E-state index contributed by atoms with van der Waals surface area (Å²) < 4.78 is 5.23. The highest BCUT2D eigenvalue weighted by Gasteiger charge is 2.26. The lowest BCUT2D eigenvalue weighted by atomic mass is 9.92. The molecule has 3 aromatic rings. The second kappa shape index (κ2) is 7.78. The van der Waals surface area contributed by atoms with Gasteiger partial charge in [0.05, 0.1) is 7.11 Å². The molecule has 0 spiro atoms. The minimum atomic E-state index is -0.00415. The smallest absolute Gasteiger partial charge is 0.118 e. The highest BCUT2D eigenvalue weighted by molar-refractivity contribution is 6.30. The molecule has 1 aliphatic heterocycles. The summed E-state index contributed by atoms with van der Waals surface area (Å²) in [5.74, 6) is 7.67. The quantitative estimate of drug-likeness (QED) is 0.549. The number of rotatable bonds is 2. The van der Waals surface area contributed by atoms with Crippen LogP contribution in [0.2, 0.25) is 5.02 Å². The van der Waals surface area contributed by atoms with Gasteiger partial charge in [-0.2, -0.15) is 0 Å². The van der Waals surface area contributed by atoms with Gasteiger partial charge in [0.15, 0.2) is 0 Å². The van der Waals surface area contributed by atoms with Crippen LogP contribution in [-0.2, 0) is 6.42 Å². The van der Waals surface area contributed by atoms with Crippen molar-refractivity contribution in [1.29, 1.82) is 0 Å². The normalized spacial score (nSPS) is 15.5. The molecule has 1 unspecified atom stereocenters. The Morgan fingerprint density at radius 3 is 2.59 bits per heavy atom. The van der Waals surface area contributed by atoms with Gasteiger partial charge in [-0.15, -0.1) is 0 Å². The zero-order valence-electron chi connectivity index (χ0n) is 15.2. The molecule has 3 aromatic carbocycles. The van der Waals surface area contributed by atoms with Crippen LogP contribution >= 0.6 is 11.6 Å². The first-order valence-electron chi connectivity index (χ1n) is 9.00. The molecule has 0 aromatic heterocycles. The molecule has 1 atom stereocenters. The molecule has 1 aliphatic rings. The molecule has 3 heteroatoms. The number of ether oxygens (including phenoxy) is 1. The average molecular weight is 374 g/mol. The molecule has 0 amide bonds. The molecule has 0 fully saturated rings. The van der Waals surface area contributed by atoms with Gasteiger partial charge in [0, 0.05) is 22.8 Å². The van der Waals surface area contributed by atoms with Crippen molar-refractivity contribution in [3.8, 4) is 17.6 Å². The third-order valence-corrected chi connectivity index (χ3v) is 5.10. The van der Waals surface area contributed by atoms with Crippen molar-refractivity contribution in [1.82, 2.24) is 0 Å². The standard InChI is InChI=1S/C24H20ClNO/c1-27-22-12-9-18(10-13-22)11-14-24-23-8-3-2-5-19(23)15-16-26(24)21-7-4-6-20(25)17-21/h2-10,12-13,17,24H,15-16H2,1H3. The molecule has 4 rings (SSSR count). The van der Waals surface area contributed by atoms with Crippen LogP contribution in [0.3, 0.4) is 0 Å². The van der Waals surface area contributed by atoms with Gasteiger partial charge >= 0.3 is 0 Å². The Bertz CT molecular complexity index is 1000. The molecule has 0 radical (unpaired) electrons. The van der Waals surface area contributed by atoms with Crippen molar-refractivity contribution < 1.29 is 4.74 Å². The van der Waals surface area contributed by atoms with Crippen LogP contribution in [-0.4, -0.2) is 13.7 Å². The summed E-state index contributed by atoms with van der Waals surface area (Å²) in [6.07, 6.45) is 1.00. The van der Waals surface area contributed by atoms with Crippen LogP contribution in [0.4, 0.5) is 5.69 Å². The number of anilines is 1. The zero-order chi connectivity index (χ0) is 18.6. The Kier molecular flexibility index (Phi) is 5.05. The molecule has 0 saturated carbocycles. The Morgan fingerprint density at radius 2 is 1.81 bits per heavy atom. The number of halogens is 1. The summed E-state index contributed by atoms with van der Waals surface area (Å²) in [7, 11) is 1.67. The molecule has 0 N–H and O–H groups in total. The van der Waals surface area contributed by atoms with Gasteiger partial charge in [-0.05, 0) is 60.0 Å². The fourth-order valence-corrected chi connectivity index (χ4v) is 3.67. The maximum Gasteiger partial charge on any atom is 0.118 e. The van der Waals surface area contributed by atoms with Crippen LogP contribution < -0.4 is 9.64 Å². The van der Waals surface area contributed by atoms with E-state index in [0.717, 1.165) is 35.0 Å². The molecule has 27 heavy (non-hydrogen) atoms. The van der Waals surface area contributed by atoms with E-state index in [-0.39, 0.29) is 6.04 Å². The van der Waals surface area contributed by atoms with E-state index in [4.69, 9.17) is 16.3 Å². The summed E-state index contributed by atoms with van der Waals surface area (Å²) in [5.41, 5.74) is 4.71. The Balaban J connectivity index is 1.73. The van der Waals surface area contributed by atoms with Crippen LogP contribution in [0.5, 0.6) is 5.75 Å². The first-order chi connectivity index (χ1) is 13.2. The Hall–Kier alpha value is -2.89. The molecule has 0 saturated heterocycles. The first-order valence-corrected chi connectivity index (χ1v) is 9.38. The fraction of sp³-hybridized carbons (Fsp3) is 0.167. The van der Waals surface area contributed by atoms with Crippen LogP contribution in [0, 0.1) is 11.8 Å². The molecule has 0 bridgehead atoms. The highest BCUT2D eigenvalue weighted by Crippen LogP contribution is 2.34. The second-order valence-electron chi connectivity index (χ2n) is 6.52. The van der Waals surface area contributed by atoms with Crippen LogP contribution in [0.1, 0.15) is 22.7 Å². The van der Waals surface area contributed by atoms with Gasteiger partial charge < -0.3 is 9.64 Å². The molecule has 0 aliphatic carbocycles. The minimum absolute atomic E-state index is 0.00415. The molecular weight excluding hydrogens is 354 g/mol. The molecular formula is C24H20ClNO. The van der Waals surface area contributed by atoms with Gasteiger partial charge in [0.25, 0.3) is 0 Å². The first kappa shape index (κ1) is 17.5. The maximum atomic E-state index is 6.24. The minimum Gasteiger partial charge on any atom is -0.497 e. The predicted octanol–water partition coefficient (Wildman–Crippen LogP) is 5.50. The monoisotopic (exact) mass is 373 g/mol. The van der Waals surface area contributed by atoms with E-state index in [9.17, 15) is 0 Å². The van der Waals surface area contributed by atoms with Crippen molar-refractivity contribution in [3.05, 3.63) is 94.5 Å². The summed E-state index contributed by atoms with van der Waals surface area (Å²) in [6, 6.07) is 24.4. The van der Waals surface area contributed by atoms with Gasteiger partial charge in [0.2, 0.25) is 0 Å². The summed E-state index contributed by atoms with van der Waals surface area (Å²) in [6.45, 7) is 0.916. The molecule has 134 valence electrons. The zero-order valence-corrected chi connectivity index (χ0v) is 15.9. The Labute approximate surface area is 165 Å². The van der Waals surface area contributed by atoms with E-state index in [1.54, 1.807) is 7.11 Å². The van der Waals surface area contributed by atoms with Crippen molar-refractivity contribution >= 4 is 17.3 Å². The lowest BCUT2D eigenvalue weighted by Crippen LogP contribution is -2.34. The van der Waals surface area contributed by atoms with E-state index < -0.39 is 0 Å². The number of methoxy groups -OCH3 is 1. The number of fused-ring (bicyclic) bond motifs is 1. The third-order valence-electron chi connectivity index (χ3n) is 4.87. The van der Waals surface area contributed by atoms with E-state index in [0.29, 0.717) is 0 Å². The predicted molar refractivity (Wildman–Crippen MR) is 112 cm³/mol. The van der Waals surface area contributed by atoms with Gasteiger partial charge in [0.1, 0.15) is 11.8 Å². The summed E-state index contributed by atoms with van der Waals surface area (Å²) in [5, 5.41) is 0.744. The lowest BCUT2D eigenvalue weighted by Gasteiger charge is -2.36. The SMILES string of the molecule is COc1ccc(C#CC2c3ccccc3CCN2c2cccc(Cl)c2)cc1. The van der Waals surface area contributed by atoms with Crippen molar-refractivity contribution in [2.45, 2.75) is 12.5 Å². The number of hydrogen-bond acceptors (Lipinski definition) is 2. The topological polar surface area (TPSA) is 12.5 Å². The second-order valence-corrected chi connectivity index (χ2v) is 6.96. The summed E-state index contributed by atoms with van der Waals surface area (Å²) >= 11 is 6.24. The molecule has 2 nitrogen and oxygen atoms in total. The summed E-state index contributed by atoms with van der Waals surface area (Å²) in [4.78, 5) is 2.34. The van der Waals surface area contributed by atoms with Crippen LogP contribution in [0.25, 0.3) is 0 Å². The van der Waals surface area contributed by atoms with E-state index in [2.05, 4.69) is 47.1 Å². The van der Waals surface area contributed by atoms with Crippen LogP contribution in [0.15, 0.2) is 72.8 Å². The highest BCUT2D eigenvalue weighted by atomic mass is 35.5. The number of benzene rings is 3. The molecule has 1 heterocycles. The van der Waals surface area contributed by atoms with Gasteiger partial charge in [-0.25, -0.2) is 0 Å². The Morgan fingerprint density at radius 1 is 1.00 bits per heavy atom. The third kappa shape index (κ3) is 3.79.